The lowest BCUT2D eigenvalue weighted by Gasteiger charge is -2.37. The predicted octanol–water partition coefficient (Wildman–Crippen LogP) is 1.47. The van der Waals surface area contributed by atoms with E-state index in [-0.39, 0.29) is 11.4 Å². The zero-order chi connectivity index (χ0) is 10.0. The monoisotopic (exact) mass is 197 g/mol. The third kappa shape index (κ3) is 2.08. The van der Waals surface area contributed by atoms with Gasteiger partial charge < -0.3 is 10.1 Å². The van der Waals surface area contributed by atoms with E-state index < -0.39 is 0 Å². The molecule has 0 radical (unpaired) electrons. The van der Waals surface area contributed by atoms with E-state index in [4.69, 9.17) is 4.74 Å². The molecule has 3 nitrogen and oxygen atoms in total. The van der Waals surface area contributed by atoms with Crippen LogP contribution in [0, 0.1) is 5.92 Å². The molecule has 0 bridgehead atoms. The quantitative estimate of drug-likeness (QED) is 0.744. The molecule has 0 atom stereocenters. The van der Waals surface area contributed by atoms with Crippen molar-refractivity contribution >= 4 is 5.91 Å². The molecule has 0 aromatic rings. The van der Waals surface area contributed by atoms with Crippen LogP contribution < -0.4 is 5.32 Å². The number of rotatable bonds is 3. The Morgan fingerprint density at radius 1 is 1.43 bits per heavy atom. The zero-order valence-corrected chi connectivity index (χ0v) is 8.84. The molecule has 1 aliphatic carbocycles. The van der Waals surface area contributed by atoms with E-state index in [0.717, 1.165) is 45.3 Å². The van der Waals surface area contributed by atoms with Gasteiger partial charge in [-0.05, 0) is 32.1 Å². The van der Waals surface area contributed by atoms with E-state index in [1.54, 1.807) is 0 Å². The molecule has 0 aromatic carbocycles. The minimum atomic E-state index is 0.0396. The van der Waals surface area contributed by atoms with Crippen LogP contribution in [0.2, 0.25) is 0 Å². The summed E-state index contributed by atoms with van der Waals surface area (Å²) in [6, 6.07) is 0. The molecule has 3 heteroatoms. The summed E-state index contributed by atoms with van der Waals surface area (Å²) >= 11 is 0. The number of hydrogen-bond acceptors (Lipinski definition) is 2. The van der Waals surface area contributed by atoms with Crippen molar-refractivity contribution in [3.63, 3.8) is 0 Å². The molecule has 2 fully saturated rings. The summed E-state index contributed by atoms with van der Waals surface area (Å²) in [6.45, 7) is 3.73. The minimum absolute atomic E-state index is 0.0396. The van der Waals surface area contributed by atoms with Crippen LogP contribution in [0.5, 0.6) is 0 Å². The van der Waals surface area contributed by atoms with Crippen molar-refractivity contribution in [2.45, 2.75) is 44.6 Å². The average molecular weight is 197 g/mol. The van der Waals surface area contributed by atoms with Crippen molar-refractivity contribution < 1.29 is 9.53 Å². The first-order valence-corrected chi connectivity index (χ1v) is 5.65. The lowest BCUT2D eigenvalue weighted by atomic mass is 9.87. The van der Waals surface area contributed by atoms with E-state index in [2.05, 4.69) is 12.2 Å². The molecule has 1 saturated carbocycles. The number of nitrogens with one attached hydrogen (secondary N) is 1. The molecule has 0 aromatic heterocycles. The highest BCUT2D eigenvalue weighted by atomic mass is 16.5. The first-order valence-electron chi connectivity index (χ1n) is 5.65. The van der Waals surface area contributed by atoms with Crippen LogP contribution in [-0.4, -0.2) is 24.7 Å². The van der Waals surface area contributed by atoms with E-state index in [0.29, 0.717) is 5.92 Å². The topological polar surface area (TPSA) is 38.3 Å². The van der Waals surface area contributed by atoms with Crippen molar-refractivity contribution in [2.75, 3.05) is 13.2 Å². The van der Waals surface area contributed by atoms with Crippen molar-refractivity contribution in [1.29, 1.82) is 0 Å². The van der Waals surface area contributed by atoms with E-state index in [1.807, 2.05) is 0 Å². The SMILES string of the molecule is CCC1(NC(=O)C2CC2)CCOCC1. The average Bonchev–Trinajstić information content (AvgIpc) is 3.02. The lowest BCUT2D eigenvalue weighted by molar-refractivity contribution is -0.125. The predicted molar refractivity (Wildman–Crippen MR) is 53.9 cm³/mol. The van der Waals surface area contributed by atoms with E-state index in [1.165, 1.54) is 0 Å². The Kier molecular flexibility index (Phi) is 2.77. The summed E-state index contributed by atoms with van der Waals surface area (Å²) in [7, 11) is 0. The third-order valence-corrected chi connectivity index (χ3v) is 3.46. The van der Waals surface area contributed by atoms with Crippen molar-refractivity contribution in [3.8, 4) is 0 Å². The van der Waals surface area contributed by atoms with Gasteiger partial charge in [0.15, 0.2) is 0 Å². The second kappa shape index (κ2) is 3.89. The molecule has 80 valence electrons. The van der Waals surface area contributed by atoms with Crippen LogP contribution in [0.4, 0.5) is 0 Å². The van der Waals surface area contributed by atoms with Gasteiger partial charge in [0.2, 0.25) is 5.91 Å². The molecule has 1 aliphatic heterocycles. The number of amides is 1. The number of ether oxygens (including phenoxy) is 1. The molecule has 0 unspecified atom stereocenters. The van der Waals surface area contributed by atoms with Gasteiger partial charge in [-0.3, -0.25) is 4.79 Å². The summed E-state index contributed by atoms with van der Waals surface area (Å²) in [5.41, 5.74) is 0.0396. The molecule has 2 aliphatic rings. The minimum Gasteiger partial charge on any atom is -0.381 e. The highest BCUT2D eigenvalue weighted by Gasteiger charge is 2.37. The highest BCUT2D eigenvalue weighted by Crippen LogP contribution is 2.31. The molecule has 2 rings (SSSR count). The van der Waals surface area contributed by atoms with E-state index in [9.17, 15) is 4.79 Å². The van der Waals surface area contributed by atoms with Crippen molar-refractivity contribution in [2.24, 2.45) is 5.92 Å². The maximum atomic E-state index is 11.7. The molecule has 1 heterocycles. The van der Waals surface area contributed by atoms with Crippen LogP contribution in [0.25, 0.3) is 0 Å². The first-order chi connectivity index (χ1) is 6.76. The zero-order valence-electron chi connectivity index (χ0n) is 8.84. The summed E-state index contributed by atoms with van der Waals surface area (Å²) in [6.07, 6.45) is 5.14. The maximum Gasteiger partial charge on any atom is 0.223 e. The lowest BCUT2D eigenvalue weighted by Crippen LogP contribution is -2.52. The van der Waals surface area contributed by atoms with Crippen molar-refractivity contribution in [3.05, 3.63) is 0 Å². The first kappa shape index (κ1) is 9.97. The van der Waals surface area contributed by atoms with Gasteiger partial charge >= 0.3 is 0 Å². The smallest absolute Gasteiger partial charge is 0.223 e. The Hall–Kier alpha value is -0.570. The number of carbonyl (C=O) groups is 1. The standard InChI is InChI=1S/C11H19NO2/c1-2-11(5-7-14-8-6-11)12-10(13)9-3-4-9/h9H,2-8H2,1H3,(H,12,13). The van der Waals surface area contributed by atoms with Gasteiger partial charge in [-0.2, -0.15) is 0 Å². The molecular weight excluding hydrogens is 178 g/mol. The number of carbonyl (C=O) groups excluding carboxylic acids is 1. The Morgan fingerprint density at radius 3 is 2.57 bits per heavy atom. The number of hydrogen-bond donors (Lipinski definition) is 1. The molecule has 1 saturated heterocycles. The summed E-state index contributed by atoms with van der Waals surface area (Å²) in [5, 5.41) is 3.23. The van der Waals surface area contributed by atoms with Gasteiger partial charge in [-0.1, -0.05) is 6.92 Å². The van der Waals surface area contributed by atoms with Crippen LogP contribution in [0.15, 0.2) is 0 Å². The Balaban J connectivity index is 1.92. The summed E-state index contributed by atoms with van der Waals surface area (Å²) in [5.74, 6) is 0.593. The van der Waals surface area contributed by atoms with Gasteiger partial charge in [0.1, 0.15) is 0 Å². The fourth-order valence-electron chi connectivity index (χ4n) is 2.04. The van der Waals surface area contributed by atoms with Gasteiger partial charge in [0, 0.05) is 24.7 Å². The van der Waals surface area contributed by atoms with Crippen molar-refractivity contribution in [1.82, 2.24) is 5.32 Å². The second-order valence-electron chi connectivity index (χ2n) is 4.51. The normalized spacial score (nSPS) is 25.8. The maximum absolute atomic E-state index is 11.7. The molecule has 1 N–H and O–H groups in total. The molecular formula is C11H19NO2. The van der Waals surface area contributed by atoms with Gasteiger partial charge in [-0.15, -0.1) is 0 Å². The van der Waals surface area contributed by atoms with Gasteiger partial charge in [-0.25, -0.2) is 0 Å². The van der Waals surface area contributed by atoms with Gasteiger partial charge in [0.05, 0.1) is 0 Å². The van der Waals surface area contributed by atoms with Crippen LogP contribution >= 0.6 is 0 Å². The Bertz CT molecular complexity index is 217. The largest absolute Gasteiger partial charge is 0.381 e. The van der Waals surface area contributed by atoms with Crippen LogP contribution in [0.1, 0.15) is 39.0 Å². The summed E-state index contributed by atoms with van der Waals surface area (Å²) < 4.78 is 5.33. The van der Waals surface area contributed by atoms with Crippen LogP contribution in [0.3, 0.4) is 0 Å². The molecule has 0 spiro atoms. The van der Waals surface area contributed by atoms with Crippen LogP contribution in [-0.2, 0) is 9.53 Å². The molecule has 1 amide bonds. The van der Waals surface area contributed by atoms with E-state index >= 15 is 0 Å². The molecule has 14 heavy (non-hydrogen) atoms. The Morgan fingerprint density at radius 2 is 2.07 bits per heavy atom. The highest BCUT2D eigenvalue weighted by molar-refractivity contribution is 5.81. The fraction of sp³-hybridized carbons (Fsp3) is 0.909. The van der Waals surface area contributed by atoms with Gasteiger partial charge in [0.25, 0.3) is 0 Å². The summed E-state index contributed by atoms with van der Waals surface area (Å²) in [4.78, 5) is 11.7. The second-order valence-corrected chi connectivity index (χ2v) is 4.51. The Labute approximate surface area is 85.2 Å². The fourth-order valence-corrected chi connectivity index (χ4v) is 2.04. The third-order valence-electron chi connectivity index (χ3n) is 3.46.